The summed E-state index contributed by atoms with van der Waals surface area (Å²) in [6, 6.07) is 8.71. The lowest BCUT2D eigenvalue weighted by atomic mass is 10.2. The van der Waals surface area contributed by atoms with Gasteiger partial charge in [0.2, 0.25) is 10.0 Å². The maximum atomic E-state index is 13.6. The summed E-state index contributed by atoms with van der Waals surface area (Å²) in [5.41, 5.74) is 0.838. The zero-order valence-corrected chi connectivity index (χ0v) is 15.9. The highest BCUT2D eigenvalue weighted by atomic mass is 79.9. The molecule has 25 heavy (non-hydrogen) atoms. The quantitative estimate of drug-likeness (QED) is 0.737. The number of hydrogen-bond donors (Lipinski definition) is 2. The summed E-state index contributed by atoms with van der Waals surface area (Å²) in [6.45, 7) is 1.23. The minimum absolute atomic E-state index is 0.0549. The van der Waals surface area contributed by atoms with Crippen LogP contribution in [0.2, 0.25) is 0 Å². The van der Waals surface area contributed by atoms with Crippen molar-refractivity contribution < 1.29 is 22.3 Å². The van der Waals surface area contributed by atoms with E-state index in [2.05, 4.69) is 26.0 Å². The van der Waals surface area contributed by atoms with Crippen LogP contribution in [0, 0.1) is 12.7 Å². The molecule has 0 aliphatic carbocycles. The Morgan fingerprint density at radius 3 is 2.60 bits per heavy atom. The second-order valence-corrected chi connectivity index (χ2v) is 7.87. The summed E-state index contributed by atoms with van der Waals surface area (Å²) in [5.74, 6) is -1.19. The summed E-state index contributed by atoms with van der Waals surface area (Å²) in [6.07, 6.45) is 0. The minimum Gasteiger partial charge on any atom is -0.481 e. The second kappa shape index (κ2) is 7.94. The third-order valence-electron chi connectivity index (χ3n) is 3.28. The van der Waals surface area contributed by atoms with E-state index in [0.717, 1.165) is 0 Å². The number of carbonyl (C=O) groups excluding carboxylic acids is 1. The number of hydrogen-bond acceptors (Lipinski definition) is 4. The van der Waals surface area contributed by atoms with Crippen LogP contribution in [0.25, 0.3) is 0 Å². The van der Waals surface area contributed by atoms with Crippen molar-refractivity contribution in [2.75, 3.05) is 19.0 Å². The lowest BCUT2D eigenvalue weighted by molar-refractivity contribution is -0.118. The maximum absolute atomic E-state index is 13.6. The van der Waals surface area contributed by atoms with E-state index in [1.54, 1.807) is 25.1 Å². The molecule has 0 saturated heterocycles. The molecule has 0 aliphatic heterocycles. The number of amides is 1. The molecular formula is C16H16BrFN2O4S. The standard InChI is InChI=1S/C16H16BrFN2O4S/c1-10-3-5-12(8-15(10)25(22,23)19-2)20-16(21)9-24-14-6-4-11(17)7-13(14)18/h3-8,19H,9H2,1-2H3,(H,20,21). The molecule has 6 nitrogen and oxygen atoms in total. The van der Waals surface area contributed by atoms with Crippen LogP contribution in [0.15, 0.2) is 45.8 Å². The van der Waals surface area contributed by atoms with Crippen LogP contribution < -0.4 is 14.8 Å². The summed E-state index contributed by atoms with van der Waals surface area (Å²) < 4.78 is 45.4. The molecule has 2 N–H and O–H groups in total. The van der Waals surface area contributed by atoms with Gasteiger partial charge in [0.15, 0.2) is 18.2 Å². The Kier molecular flexibility index (Phi) is 6.15. The highest BCUT2D eigenvalue weighted by Gasteiger charge is 2.16. The first-order chi connectivity index (χ1) is 11.7. The Hall–Kier alpha value is -1.97. The van der Waals surface area contributed by atoms with Gasteiger partial charge in [-0.1, -0.05) is 22.0 Å². The molecule has 0 fully saturated rings. The molecule has 0 bridgehead atoms. The van der Waals surface area contributed by atoms with E-state index in [4.69, 9.17) is 4.74 Å². The number of ether oxygens (including phenoxy) is 1. The third kappa shape index (κ3) is 5.00. The first kappa shape index (κ1) is 19.4. The summed E-state index contributed by atoms with van der Waals surface area (Å²) >= 11 is 3.13. The molecule has 0 aliphatic rings. The molecule has 0 spiro atoms. The summed E-state index contributed by atoms with van der Waals surface area (Å²) in [5, 5.41) is 2.52. The largest absolute Gasteiger partial charge is 0.481 e. The summed E-state index contributed by atoms with van der Waals surface area (Å²) in [4.78, 5) is 12.0. The van der Waals surface area contributed by atoms with Gasteiger partial charge < -0.3 is 10.1 Å². The lowest BCUT2D eigenvalue weighted by Gasteiger charge is -2.11. The molecule has 0 aromatic heterocycles. The Morgan fingerprint density at radius 1 is 1.24 bits per heavy atom. The Labute approximate surface area is 153 Å². The number of aryl methyl sites for hydroxylation is 1. The topological polar surface area (TPSA) is 84.5 Å². The van der Waals surface area contributed by atoms with Crippen LogP contribution in [-0.2, 0) is 14.8 Å². The molecule has 0 heterocycles. The van der Waals surface area contributed by atoms with E-state index in [9.17, 15) is 17.6 Å². The molecule has 0 radical (unpaired) electrons. The summed E-state index contributed by atoms with van der Waals surface area (Å²) in [7, 11) is -2.33. The van der Waals surface area contributed by atoms with Gasteiger partial charge in [-0.3, -0.25) is 4.79 Å². The molecular weight excluding hydrogens is 415 g/mol. The van der Waals surface area contributed by atoms with Crippen molar-refractivity contribution in [2.45, 2.75) is 11.8 Å². The Balaban J connectivity index is 2.07. The first-order valence-electron chi connectivity index (χ1n) is 7.15. The molecule has 2 aromatic carbocycles. The average molecular weight is 431 g/mol. The normalized spacial score (nSPS) is 11.2. The molecule has 2 aromatic rings. The number of halogens is 2. The van der Waals surface area contributed by atoms with E-state index in [1.807, 2.05) is 0 Å². The van der Waals surface area contributed by atoms with Crippen LogP contribution >= 0.6 is 15.9 Å². The fourth-order valence-corrected chi connectivity index (χ4v) is 3.34. The average Bonchev–Trinajstić information content (AvgIpc) is 2.55. The van der Waals surface area contributed by atoms with Crippen molar-refractivity contribution in [3.63, 3.8) is 0 Å². The second-order valence-electron chi connectivity index (χ2n) is 5.10. The van der Waals surface area contributed by atoms with Crippen LogP contribution in [0.5, 0.6) is 5.75 Å². The number of carbonyl (C=O) groups is 1. The van der Waals surface area contributed by atoms with Gasteiger partial charge in [-0.2, -0.15) is 0 Å². The van der Waals surface area contributed by atoms with E-state index in [-0.39, 0.29) is 10.6 Å². The minimum atomic E-state index is -3.64. The van der Waals surface area contributed by atoms with Crippen LogP contribution in [0.1, 0.15) is 5.56 Å². The smallest absolute Gasteiger partial charge is 0.262 e. The zero-order chi connectivity index (χ0) is 18.6. The van der Waals surface area contributed by atoms with Crippen LogP contribution in [0.3, 0.4) is 0 Å². The van der Waals surface area contributed by atoms with Crippen molar-refractivity contribution >= 4 is 37.5 Å². The number of nitrogens with one attached hydrogen (secondary N) is 2. The fraction of sp³-hybridized carbons (Fsp3) is 0.188. The lowest BCUT2D eigenvalue weighted by Crippen LogP contribution is -2.22. The van der Waals surface area contributed by atoms with Gasteiger partial charge in [-0.15, -0.1) is 0 Å². The molecule has 0 atom stereocenters. The Bertz CT molecular complexity index is 903. The van der Waals surface area contributed by atoms with Gasteiger partial charge in [0.1, 0.15) is 0 Å². The van der Waals surface area contributed by atoms with Gasteiger partial charge in [0.25, 0.3) is 5.91 Å². The van der Waals surface area contributed by atoms with Crippen molar-refractivity contribution in [3.05, 3.63) is 52.3 Å². The predicted octanol–water partition coefficient (Wildman–Crippen LogP) is 2.82. The molecule has 9 heteroatoms. The molecule has 1 amide bonds. The molecule has 0 unspecified atom stereocenters. The van der Waals surface area contributed by atoms with Crippen molar-refractivity contribution in [3.8, 4) is 5.75 Å². The fourth-order valence-electron chi connectivity index (χ4n) is 2.01. The third-order valence-corrected chi connectivity index (χ3v) is 5.33. The number of benzene rings is 2. The highest BCUT2D eigenvalue weighted by Crippen LogP contribution is 2.22. The van der Waals surface area contributed by atoms with Gasteiger partial charge in [0.05, 0.1) is 4.90 Å². The van der Waals surface area contributed by atoms with E-state index in [1.165, 1.54) is 25.2 Å². The number of rotatable bonds is 6. The van der Waals surface area contributed by atoms with Crippen molar-refractivity contribution in [1.82, 2.24) is 4.72 Å². The van der Waals surface area contributed by atoms with Crippen LogP contribution in [0.4, 0.5) is 10.1 Å². The van der Waals surface area contributed by atoms with Gasteiger partial charge in [-0.05, 0) is 49.9 Å². The molecule has 0 saturated carbocycles. The van der Waals surface area contributed by atoms with Gasteiger partial charge in [0, 0.05) is 10.2 Å². The monoisotopic (exact) mass is 430 g/mol. The van der Waals surface area contributed by atoms with Gasteiger partial charge >= 0.3 is 0 Å². The zero-order valence-electron chi connectivity index (χ0n) is 13.5. The number of anilines is 1. The predicted molar refractivity (Wildman–Crippen MR) is 95.6 cm³/mol. The van der Waals surface area contributed by atoms with Gasteiger partial charge in [-0.25, -0.2) is 17.5 Å². The van der Waals surface area contributed by atoms with Crippen LogP contribution in [-0.4, -0.2) is 28.0 Å². The van der Waals surface area contributed by atoms with E-state index < -0.39 is 28.4 Å². The maximum Gasteiger partial charge on any atom is 0.262 e. The highest BCUT2D eigenvalue weighted by molar-refractivity contribution is 9.10. The van der Waals surface area contributed by atoms with Crippen molar-refractivity contribution in [2.24, 2.45) is 0 Å². The SMILES string of the molecule is CNS(=O)(=O)c1cc(NC(=O)COc2ccc(Br)cc2F)ccc1C. The number of sulfonamides is 1. The Morgan fingerprint density at radius 2 is 1.96 bits per heavy atom. The van der Waals surface area contributed by atoms with E-state index in [0.29, 0.717) is 15.7 Å². The van der Waals surface area contributed by atoms with E-state index >= 15 is 0 Å². The molecule has 134 valence electrons. The molecule has 2 rings (SSSR count). The van der Waals surface area contributed by atoms with Crippen molar-refractivity contribution in [1.29, 1.82) is 0 Å². The first-order valence-corrected chi connectivity index (χ1v) is 9.42.